The molecule has 7 nitrogen and oxygen atoms in total. The molecule has 1 aliphatic heterocycles. The summed E-state index contributed by atoms with van der Waals surface area (Å²) in [5.41, 5.74) is 7.55. The van der Waals surface area contributed by atoms with Crippen LogP contribution >= 0.6 is 43.2 Å². The number of benzene rings is 2. The van der Waals surface area contributed by atoms with E-state index in [9.17, 15) is 14.4 Å². The van der Waals surface area contributed by atoms with Gasteiger partial charge in [0.25, 0.3) is 5.56 Å². The van der Waals surface area contributed by atoms with Crippen LogP contribution in [-0.2, 0) is 19.1 Å². The number of nitrogens with two attached hydrogens (primary N) is 1. The summed E-state index contributed by atoms with van der Waals surface area (Å²) in [4.78, 5) is 39.8. The lowest BCUT2D eigenvalue weighted by atomic mass is 9.83. The van der Waals surface area contributed by atoms with Gasteiger partial charge in [-0.1, -0.05) is 56.1 Å². The first kappa shape index (κ1) is 25.2. The molecule has 1 atom stereocenters. The number of ether oxygens (including phenoxy) is 2. The smallest absolute Gasteiger partial charge is 0.338 e. The highest BCUT2D eigenvalue weighted by atomic mass is 79.9. The van der Waals surface area contributed by atoms with Gasteiger partial charge in [-0.2, -0.15) is 0 Å². The van der Waals surface area contributed by atoms with Crippen molar-refractivity contribution < 1.29 is 19.1 Å². The fraction of sp³-hybridized carbons (Fsp3) is 0.160. The fourth-order valence-electron chi connectivity index (χ4n) is 3.93. The zero-order valence-electron chi connectivity index (χ0n) is 18.7. The Morgan fingerprint density at radius 3 is 2.40 bits per heavy atom. The number of fused-ring (bicyclic) bond motifs is 1. The third kappa shape index (κ3) is 4.78. The van der Waals surface area contributed by atoms with Gasteiger partial charge in [0.15, 0.2) is 0 Å². The molecule has 180 valence electrons. The van der Waals surface area contributed by atoms with E-state index < -0.39 is 23.4 Å². The molecule has 0 unspecified atom stereocenters. The molecule has 0 spiro atoms. The van der Waals surface area contributed by atoms with E-state index in [1.54, 1.807) is 31.2 Å². The Labute approximate surface area is 221 Å². The second-order valence-corrected chi connectivity index (χ2v) is 10.4. The third-order valence-corrected chi connectivity index (χ3v) is 7.47. The fourth-order valence-corrected chi connectivity index (χ4v) is 5.93. The Bertz CT molecular complexity index is 1550. The van der Waals surface area contributed by atoms with Gasteiger partial charge in [0.2, 0.25) is 0 Å². The number of hydrogen-bond acceptors (Lipinski definition) is 7. The number of aromatic nitrogens is 1. The number of hydrogen-bond donors (Lipinski definition) is 1. The standard InChI is InChI=1S/C25H20Br2N2O5S/c1-3-34-25(32)20-18(14-7-5-9-16(27)12-14)19(24(31)33-2)21(28)29-22(30)17(35-23(20)29)11-13-6-4-8-15(26)10-13/h4-12,18H,3,28H2,1-2H3/b17-11-/t18-/m0/s1. The number of rotatable bonds is 5. The van der Waals surface area contributed by atoms with Gasteiger partial charge in [-0.3, -0.25) is 9.36 Å². The molecule has 0 aliphatic carbocycles. The molecule has 3 aromatic rings. The van der Waals surface area contributed by atoms with E-state index in [0.717, 1.165) is 25.8 Å². The molecule has 10 heteroatoms. The van der Waals surface area contributed by atoms with E-state index >= 15 is 0 Å². The second-order valence-electron chi connectivity index (χ2n) is 7.52. The molecule has 35 heavy (non-hydrogen) atoms. The molecular weight excluding hydrogens is 600 g/mol. The third-order valence-electron chi connectivity index (χ3n) is 5.38. The van der Waals surface area contributed by atoms with Gasteiger partial charge < -0.3 is 15.2 Å². The SMILES string of the molecule is CCOC(=O)C1=c2s/c(=C\c3cccc(Br)c3)c(=O)n2C(N)=C(C(=O)OC)[C@@H]1c1cccc(Br)c1. The maximum absolute atomic E-state index is 13.5. The summed E-state index contributed by atoms with van der Waals surface area (Å²) in [6, 6.07) is 14.6. The van der Waals surface area contributed by atoms with Crippen molar-refractivity contribution in [3.63, 3.8) is 0 Å². The number of carbonyl (C=O) groups excluding carboxylic acids is 2. The normalized spacial score (nSPS) is 15.7. The van der Waals surface area contributed by atoms with Crippen molar-refractivity contribution in [1.29, 1.82) is 0 Å². The molecule has 0 bridgehead atoms. The molecule has 1 aromatic heterocycles. The zero-order valence-corrected chi connectivity index (χ0v) is 22.7. The topological polar surface area (TPSA) is 101 Å². The number of nitrogens with zero attached hydrogens (tertiary/aromatic N) is 1. The van der Waals surface area contributed by atoms with Gasteiger partial charge in [0, 0.05) is 8.95 Å². The molecule has 4 rings (SSSR count). The largest absolute Gasteiger partial charge is 0.466 e. The maximum atomic E-state index is 13.5. The van der Waals surface area contributed by atoms with Crippen LogP contribution in [0.1, 0.15) is 24.0 Å². The Morgan fingerprint density at radius 2 is 1.77 bits per heavy atom. The Balaban J connectivity index is 2.13. The van der Waals surface area contributed by atoms with Crippen LogP contribution in [0.25, 0.3) is 17.5 Å². The number of thiazole rings is 1. The van der Waals surface area contributed by atoms with Crippen molar-refractivity contribution >= 4 is 72.6 Å². The Kier molecular flexibility index (Phi) is 7.44. The predicted molar refractivity (Wildman–Crippen MR) is 142 cm³/mol. The summed E-state index contributed by atoms with van der Waals surface area (Å²) in [6.07, 6.45) is 1.71. The highest BCUT2D eigenvalue weighted by Gasteiger charge is 2.39. The first-order chi connectivity index (χ1) is 16.8. The van der Waals surface area contributed by atoms with Crippen LogP contribution in [0, 0.1) is 0 Å². The lowest BCUT2D eigenvalue weighted by molar-refractivity contribution is -0.136. The lowest BCUT2D eigenvalue weighted by Gasteiger charge is -2.26. The minimum atomic E-state index is -0.893. The van der Waals surface area contributed by atoms with Crippen LogP contribution in [-0.4, -0.2) is 30.2 Å². The average molecular weight is 620 g/mol. The first-order valence-corrected chi connectivity index (χ1v) is 12.9. The van der Waals surface area contributed by atoms with E-state index in [1.807, 2.05) is 30.3 Å². The number of methoxy groups -OCH3 is 1. The Hall–Kier alpha value is -2.95. The van der Waals surface area contributed by atoms with Crippen LogP contribution in [0.3, 0.4) is 0 Å². The molecule has 0 saturated carbocycles. The number of esters is 2. The first-order valence-electron chi connectivity index (χ1n) is 10.5. The predicted octanol–water partition coefficient (Wildman–Crippen LogP) is 3.08. The Morgan fingerprint density at radius 1 is 1.09 bits per heavy atom. The van der Waals surface area contributed by atoms with Gasteiger partial charge in [0.1, 0.15) is 10.5 Å². The average Bonchev–Trinajstić information content (AvgIpc) is 3.14. The molecule has 2 heterocycles. The minimum absolute atomic E-state index is 0.00458. The van der Waals surface area contributed by atoms with Crippen LogP contribution in [0.15, 0.2) is 67.8 Å². The van der Waals surface area contributed by atoms with Crippen molar-refractivity contribution in [1.82, 2.24) is 4.57 Å². The minimum Gasteiger partial charge on any atom is -0.466 e. The van der Waals surface area contributed by atoms with Gasteiger partial charge in [0.05, 0.1) is 35.3 Å². The van der Waals surface area contributed by atoms with Crippen molar-refractivity contribution in [2.24, 2.45) is 5.73 Å². The second kappa shape index (κ2) is 10.3. The molecule has 0 saturated heterocycles. The van der Waals surface area contributed by atoms with Crippen LogP contribution in [0.2, 0.25) is 0 Å². The van der Waals surface area contributed by atoms with E-state index in [0.29, 0.717) is 14.8 Å². The molecule has 1 aliphatic rings. The summed E-state index contributed by atoms with van der Waals surface area (Å²) >= 11 is 7.99. The van der Waals surface area contributed by atoms with Gasteiger partial charge >= 0.3 is 11.9 Å². The van der Waals surface area contributed by atoms with E-state index in [1.165, 1.54) is 11.7 Å². The van der Waals surface area contributed by atoms with Crippen molar-refractivity contribution in [3.05, 3.63) is 93.7 Å². The molecule has 0 radical (unpaired) electrons. The van der Waals surface area contributed by atoms with Gasteiger partial charge in [-0.25, -0.2) is 9.59 Å². The van der Waals surface area contributed by atoms with Gasteiger partial charge in [-0.15, -0.1) is 11.3 Å². The lowest BCUT2D eigenvalue weighted by Crippen LogP contribution is -2.41. The molecule has 0 amide bonds. The monoisotopic (exact) mass is 618 g/mol. The summed E-state index contributed by atoms with van der Waals surface area (Å²) in [5.74, 6) is -2.36. The number of halogens is 2. The maximum Gasteiger partial charge on any atom is 0.338 e. The van der Waals surface area contributed by atoms with Gasteiger partial charge in [-0.05, 0) is 48.4 Å². The highest BCUT2D eigenvalue weighted by Crippen LogP contribution is 2.38. The van der Waals surface area contributed by atoms with Crippen molar-refractivity contribution in [3.8, 4) is 0 Å². The van der Waals surface area contributed by atoms with Crippen molar-refractivity contribution in [2.75, 3.05) is 13.7 Å². The molecular formula is C25H20Br2N2O5S. The van der Waals surface area contributed by atoms with Crippen LogP contribution < -0.4 is 20.5 Å². The molecule has 2 aromatic carbocycles. The summed E-state index contributed by atoms with van der Waals surface area (Å²) in [6.45, 7) is 1.81. The summed E-state index contributed by atoms with van der Waals surface area (Å²) in [5, 5.41) is 0. The quantitative estimate of drug-likeness (QED) is 0.441. The van der Waals surface area contributed by atoms with E-state index in [4.69, 9.17) is 15.2 Å². The van der Waals surface area contributed by atoms with E-state index in [-0.39, 0.29) is 23.6 Å². The summed E-state index contributed by atoms with van der Waals surface area (Å²) < 4.78 is 13.9. The molecule has 0 fully saturated rings. The number of carbonyl (C=O) groups is 2. The van der Waals surface area contributed by atoms with Crippen LogP contribution in [0.5, 0.6) is 0 Å². The molecule has 2 N–H and O–H groups in total. The zero-order chi connectivity index (χ0) is 25.3. The van der Waals surface area contributed by atoms with Crippen LogP contribution in [0.4, 0.5) is 0 Å². The van der Waals surface area contributed by atoms with E-state index in [2.05, 4.69) is 31.9 Å². The highest BCUT2D eigenvalue weighted by molar-refractivity contribution is 9.10. The van der Waals surface area contributed by atoms with Crippen molar-refractivity contribution in [2.45, 2.75) is 12.8 Å². The summed E-state index contributed by atoms with van der Waals surface area (Å²) in [7, 11) is 1.23.